The Kier molecular flexibility index (Phi) is 5.39. The second-order valence-corrected chi connectivity index (χ2v) is 5.13. The van der Waals surface area contributed by atoms with Gasteiger partial charge in [0.05, 0.1) is 19.1 Å². The fourth-order valence-electron chi connectivity index (χ4n) is 1.41. The molecule has 1 rings (SSSR count). The SMILES string of the molecule is COC(=O)CC(C)NC(=O)c1cc(I)ccc1N. The Hall–Kier alpha value is -1.31. The molecule has 0 spiro atoms. The molecule has 1 unspecified atom stereocenters. The molecule has 0 saturated heterocycles. The predicted molar refractivity (Wildman–Crippen MR) is 77.1 cm³/mol. The standard InChI is InChI=1S/C12H15IN2O3/c1-7(5-11(16)18-2)15-12(17)9-6-8(13)3-4-10(9)14/h3-4,6-7H,5,14H2,1-2H3,(H,15,17). The number of carbonyl (C=O) groups is 2. The summed E-state index contributed by atoms with van der Waals surface area (Å²) < 4.78 is 5.46. The third kappa shape index (κ3) is 4.17. The van der Waals surface area contributed by atoms with Gasteiger partial charge in [0.15, 0.2) is 0 Å². The molecule has 0 bridgehead atoms. The van der Waals surface area contributed by atoms with E-state index in [-0.39, 0.29) is 24.3 Å². The summed E-state index contributed by atoms with van der Waals surface area (Å²) in [6.45, 7) is 1.74. The lowest BCUT2D eigenvalue weighted by molar-refractivity contribution is -0.141. The summed E-state index contributed by atoms with van der Waals surface area (Å²) in [5.74, 6) is -0.652. The first kappa shape index (κ1) is 14.7. The van der Waals surface area contributed by atoms with Crippen LogP contribution in [0.4, 0.5) is 5.69 Å². The van der Waals surface area contributed by atoms with Crippen molar-refractivity contribution in [3.8, 4) is 0 Å². The topological polar surface area (TPSA) is 81.4 Å². The van der Waals surface area contributed by atoms with Crippen LogP contribution in [0, 0.1) is 3.57 Å². The summed E-state index contributed by atoms with van der Waals surface area (Å²) in [6, 6.07) is 4.91. The van der Waals surface area contributed by atoms with E-state index in [1.54, 1.807) is 19.1 Å². The van der Waals surface area contributed by atoms with E-state index in [0.29, 0.717) is 11.3 Å². The number of nitrogen functional groups attached to an aromatic ring is 1. The first-order valence-corrected chi connectivity index (χ1v) is 6.44. The number of ether oxygens (including phenoxy) is 1. The van der Waals surface area contributed by atoms with Crippen molar-refractivity contribution < 1.29 is 14.3 Å². The van der Waals surface area contributed by atoms with E-state index >= 15 is 0 Å². The molecule has 18 heavy (non-hydrogen) atoms. The average molecular weight is 362 g/mol. The molecule has 3 N–H and O–H groups in total. The van der Waals surface area contributed by atoms with E-state index in [1.807, 2.05) is 6.07 Å². The molecule has 0 fully saturated rings. The number of esters is 1. The summed E-state index contributed by atoms with van der Waals surface area (Å²) >= 11 is 2.11. The highest BCUT2D eigenvalue weighted by molar-refractivity contribution is 14.1. The van der Waals surface area contributed by atoms with Crippen molar-refractivity contribution in [2.24, 2.45) is 0 Å². The van der Waals surface area contributed by atoms with Crippen molar-refractivity contribution in [2.45, 2.75) is 19.4 Å². The molecule has 1 aromatic carbocycles. The Labute approximate surface area is 119 Å². The Balaban J connectivity index is 2.70. The van der Waals surface area contributed by atoms with Gasteiger partial charge < -0.3 is 15.8 Å². The number of nitrogens with one attached hydrogen (secondary N) is 1. The summed E-state index contributed by atoms with van der Waals surface area (Å²) in [5, 5.41) is 2.71. The van der Waals surface area contributed by atoms with Gasteiger partial charge in [-0.1, -0.05) is 0 Å². The largest absolute Gasteiger partial charge is 0.469 e. The minimum Gasteiger partial charge on any atom is -0.469 e. The van der Waals surface area contributed by atoms with E-state index in [2.05, 4.69) is 32.6 Å². The highest BCUT2D eigenvalue weighted by atomic mass is 127. The zero-order valence-electron chi connectivity index (χ0n) is 10.2. The van der Waals surface area contributed by atoms with Crippen LogP contribution in [0.25, 0.3) is 0 Å². The molecule has 0 aromatic heterocycles. The van der Waals surface area contributed by atoms with E-state index < -0.39 is 0 Å². The molecule has 0 heterocycles. The normalized spacial score (nSPS) is 11.7. The molecule has 1 atom stereocenters. The van der Waals surface area contributed by atoms with Gasteiger partial charge in [0.25, 0.3) is 5.91 Å². The number of methoxy groups -OCH3 is 1. The van der Waals surface area contributed by atoms with Crippen molar-refractivity contribution in [3.05, 3.63) is 27.3 Å². The van der Waals surface area contributed by atoms with Gasteiger partial charge in [0.2, 0.25) is 0 Å². The maximum Gasteiger partial charge on any atom is 0.307 e. The lowest BCUT2D eigenvalue weighted by atomic mass is 10.1. The molecule has 0 aliphatic heterocycles. The fourth-order valence-corrected chi connectivity index (χ4v) is 1.90. The predicted octanol–water partition coefficient (Wildman–Crippen LogP) is 1.55. The van der Waals surface area contributed by atoms with Crippen molar-refractivity contribution in [1.29, 1.82) is 0 Å². The minimum atomic E-state index is -0.363. The van der Waals surface area contributed by atoms with Gasteiger partial charge in [0, 0.05) is 15.3 Å². The van der Waals surface area contributed by atoms with Crippen LogP contribution < -0.4 is 11.1 Å². The van der Waals surface area contributed by atoms with Gasteiger partial charge in [0.1, 0.15) is 0 Å². The average Bonchev–Trinajstić information content (AvgIpc) is 2.31. The van der Waals surface area contributed by atoms with Crippen LogP contribution in [0.3, 0.4) is 0 Å². The highest BCUT2D eigenvalue weighted by Crippen LogP contribution is 2.15. The Morgan fingerprint density at radius 1 is 1.50 bits per heavy atom. The Morgan fingerprint density at radius 3 is 2.78 bits per heavy atom. The summed E-state index contributed by atoms with van der Waals surface area (Å²) in [5.41, 5.74) is 6.57. The van der Waals surface area contributed by atoms with Crippen LogP contribution in [0.1, 0.15) is 23.7 Å². The maximum absolute atomic E-state index is 12.0. The smallest absolute Gasteiger partial charge is 0.307 e. The van der Waals surface area contributed by atoms with Crippen molar-refractivity contribution in [2.75, 3.05) is 12.8 Å². The van der Waals surface area contributed by atoms with Crippen molar-refractivity contribution in [3.63, 3.8) is 0 Å². The van der Waals surface area contributed by atoms with E-state index in [0.717, 1.165) is 3.57 Å². The van der Waals surface area contributed by atoms with Crippen LogP contribution in [-0.4, -0.2) is 25.0 Å². The van der Waals surface area contributed by atoms with Gasteiger partial charge >= 0.3 is 5.97 Å². The summed E-state index contributed by atoms with van der Waals surface area (Å²) in [4.78, 5) is 23.0. The lowest BCUT2D eigenvalue weighted by Crippen LogP contribution is -2.34. The van der Waals surface area contributed by atoms with Gasteiger partial charge in [-0.15, -0.1) is 0 Å². The number of benzene rings is 1. The van der Waals surface area contributed by atoms with E-state index in [1.165, 1.54) is 7.11 Å². The number of carbonyl (C=O) groups excluding carboxylic acids is 2. The molecule has 0 saturated carbocycles. The van der Waals surface area contributed by atoms with Crippen molar-refractivity contribution >= 4 is 40.2 Å². The third-order valence-electron chi connectivity index (χ3n) is 2.34. The number of anilines is 1. The molecule has 98 valence electrons. The molecule has 0 radical (unpaired) electrons. The number of hydrogen-bond acceptors (Lipinski definition) is 4. The Bertz CT molecular complexity index is 463. The third-order valence-corrected chi connectivity index (χ3v) is 3.01. The second kappa shape index (κ2) is 6.58. The molecule has 1 aromatic rings. The van der Waals surface area contributed by atoms with Gasteiger partial charge in [-0.3, -0.25) is 9.59 Å². The molecule has 0 aliphatic rings. The van der Waals surface area contributed by atoms with Crippen molar-refractivity contribution in [1.82, 2.24) is 5.32 Å². The maximum atomic E-state index is 12.0. The number of halogens is 1. The van der Waals surface area contributed by atoms with Crippen LogP contribution in [0.5, 0.6) is 0 Å². The fraction of sp³-hybridized carbons (Fsp3) is 0.333. The van der Waals surface area contributed by atoms with Crippen LogP contribution in [0.2, 0.25) is 0 Å². The van der Waals surface area contributed by atoms with Crippen LogP contribution in [0.15, 0.2) is 18.2 Å². The zero-order valence-corrected chi connectivity index (χ0v) is 12.4. The van der Waals surface area contributed by atoms with Gasteiger partial charge in [-0.2, -0.15) is 0 Å². The van der Waals surface area contributed by atoms with E-state index in [9.17, 15) is 9.59 Å². The van der Waals surface area contributed by atoms with Crippen LogP contribution >= 0.6 is 22.6 Å². The summed E-state index contributed by atoms with van der Waals surface area (Å²) in [6.07, 6.45) is 0.131. The van der Waals surface area contributed by atoms with Gasteiger partial charge in [-0.25, -0.2) is 0 Å². The lowest BCUT2D eigenvalue weighted by Gasteiger charge is -2.13. The Morgan fingerprint density at radius 2 is 2.17 bits per heavy atom. The molecular weight excluding hydrogens is 347 g/mol. The molecule has 1 amide bonds. The van der Waals surface area contributed by atoms with E-state index in [4.69, 9.17) is 5.73 Å². The number of amides is 1. The molecular formula is C12H15IN2O3. The first-order chi connectivity index (χ1) is 8.43. The molecule has 6 heteroatoms. The quantitative estimate of drug-likeness (QED) is 0.484. The molecule has 5 nitrogen and oxygen atoms in total. The monoisotopic (exact) mass is 362 g/mol. The summed E-state index contributed by atoms with van der Waals surface area (Å²) in [7, 11) is 1.31. The van der Waals surface area contributed by atoms with Gasteiger partial charge in [-0.05, 0) is 47.7 Å². The highest BCUT2D eigenvalue weighted by Gasteiger charge is 2.15. The number of nitrogens with two attached hydrogens (primary N) is 1. The molecule has 0 aliphatic carbocycles. The first-order valence-electron chi connectivity index (χ1n) is 5.36. The zero-order chi connectivity index (χ0) is 13.7. The number of hydrogen-bond donors (Lipinski definition) is 2. The number of rotatable bonds is 4. The van der Waals surface area contributed by atoms with Crippen LogP contribution in [-0.2, 0) is 9.53 Å². The second-order valence-electron chi connectivity index (χ2n) is 3.89. The minimum absolute atomic E-state index is 0.131.